The number of nitrogens with two attached hydrogens (primary N) is 1. The van der Waals surface area contributed by atoms with Crippen molar-refractivity contribution in [2.45, 2.75) is 12.5 Å². The molecule has 10 nitrogen and oxygen atoms in total. The highest BCUT2D eigenvalue weighted by atomic mass is 16.6. The Hall–Kier alpha value is -5.14. The minimum atomic E-state index is -1.93. The maximum atomic E-state index is 13.1. The van der Waals surface area contributed by atoms with Crippen molar-refractivity contribution >= 4 is 6.09 Å². The molecule has 1 heterocycles. The van der Waals surface area contributed by atoms with Crippen LogP contribution in [0.4, 0.5) is 4.79 Å². The molecule has 1 amide bonds. The zero-order valence-electron chi connectivity index (χ0n) is 21.8. The van der Waals surface area contributed by atoms with E-state index in [4.69, 9.17) is 24.7 Å². The van der Waals surface area contributed by atoms with E-state index in [-0.39, 0.29) is 42.5 Å². The first kappa shape index (κ1) is 26.9. The average Bonchev–Trinajstić information content (AvgIpc) is 2.98. The van der Waals surface area contributed by atoms with Crippen molar-refractivity contribution in [3.8, 4) is 35.5 Å². The predicted molar refractivity (Wildman–Crippen MR) is 139 cm³/mol. The van der Waals surface area contributed by atoms with Gasteiger partial charge in [0.2, 0.25) is 5.75 Å². The predicted octanol–water partition coefficient (Wildman–Crippen LogP) is 3.77. The molecule has 10 heteroatoms. The smallest absolute Gasteiger partial charge is 0.410 e. The largest absolute Gasteiger partial charge is 0.493 e. The summed E-state index contributed by atoms with van der Waals surface area (Å²) in [5, 5.41) is 30.8. The lowest BCUT2D eigenvalue weighted by atomic mass is 9.58. The summed E-state index contributed by atoms with van der Waals surface area (Å²) in [6.45, 7) is 0.325. The molecule has 0 saturated heterocycles. The topological polar surface area (TPSA) is 155 Å². The average molecular weight is 526 g/mol. The molecular weight excluding hydrogens is 498 g/mol. The maximum Gasteiger partial charge on any atom is 0.410 e. The van der Waals surface area contributed by atoms with Crippen LogP contribution < -0.4 is 19.9 Å². The fourth-order valence-electron chi connectivity index (χ4n) is 5.35. The summed E-state index contributed by atoms with van der Waals surface area (Å²) < 4.78 is 22.2. The van der Waals surface area contributed by atoms with Crippen molar-refractivity contribution in [1.29, 1.82) is 15.8 Å². The highest BCUT2D eigenvalue weighted by Gasteiger charge is 2.56. The summed E-state index contributed by atoms with van der Waals surface area (Å²) >= 11 is 0. The zero-order valence-corrected chi connectivity index (χ0v) is 21.8. The Labute approximate surface area is 226 Å². The second-order valence-electron chi connectivity index (χ2n) is 9.04. The summed E-state index contributed by atoms with van der Waals surface area (Å²) in [4.78, 5) is 14.6. The van der Waals surface area contributed by atoms with Crippen molar-refractivity contribution in [3.63, 3.8) is 0 Å². The third kappa shape index (κ3) is 4.45. The molecule has 0 spiro atoms. The number of hydrogen-bond acceptors (Lipinski definition) is 9. The molecule has 0 aromatic heterocycles. The molecule has 0 bridgehead atoms. The molecule has 0 fully saturated rings. The number of benzene rings is 2. The van der Waals surface area contributed by atoms with Crippen molar-refractivity contribution < 1.29 is 23.7 Å². The molecule has 1 aliphatic heterocycles. The lowest BCUT2D eigenvalue weighted by Gasteiger charge is -2.45. The third-order valence-corrected chi connectivity index (χ3v) is 7.20. The van der Waals surface area contributed by atoms with Crippen LogP contribution in [0.15, 0.2) is 65.4 Å². The van der Waals surface area contributed by atoms with Crippen LogP contribution >= 0.6 is 0 Å². The van der Waals surface area contributed by atoms with Gasteiger partial charge in [0.05, 0.1) is 44.7 Å². The first-order valence-electron chi connectivity index (χ1n) is 12.1. The first-order chi connectivity index (χ1) is 18.9. The summed E-state index contributed by atoms with van der Waals surface area (Å²) in [6.07, 6.45) is 1.16. The second kappa shape index (κ2) is 11.1. The van der Waals surface area contributed by atoms with E-state index in [0.29, 0.717) is 16.9 Å². The minimum Gasteiger partial charge on any atom is -0.493 e. The normalized spacial score (nSPS) is 19.4. The molecule has 2 aliphatic rings. The van der Waals surface area contributed by atoms with E-state index in [1.807, 2.05) is 30.3 Å². The van der Waals surface area contributed by atoms with Crippen LogP contribution in [0, 0.1) is 45.3 Å². The number of rotatable bonds is 6. The molecule has 0 saturated carbocycles. The number of fused-ring (bicyclic) bond motifs is 1. The van der Waals surface area contributed by atoms with Gasteiger partial charge in [0, 0.05) is 30.5 Å². The fraction of sp³-hybridized carbons (Fsp3) is 0.310. The van der Waals surface area contributed by atoms with E-state index in [2.05, 4.69) is 18.2 Å². The third-order valence-electron chi connectivity index (χ3n) is 7.20. The van der Waals surface area contributed by atoms with E-state index in [0.717, 1.165) is 5.56 Å². The molecule has 0 radical (unpaired) electrons. The summed E-state index contributed by atoms with van der Waals surface area (Å²) in [7, 11) is 4.37. The van der Waals surface area contributed by atoms with Gasteiger partial charge < -0.3 is 29.6 Å². The Morgan fingerprint density at radius 3 is 2.31 bits per heavy atom. The monoisotopic (exact) mass is 525 g/mol. The van der Waals surface area contributed by atoms with Crippen molar-refractivity contribution in [2.75, 3.05) is 34.4 Å². The van der Waals surface area contributed by atoms with Gasteiger partial charge in [-0.05, 0) is 17.2 Å². The lowest BCUT2D eigenvalue weighted by Crippen LogP contribution is -2.49. The maximum absolute atomic E-state index is 13.1. The molecule has 4 rings (SSSR count). The molecule has 39 heavy (non-hydrogen) atoms. The highest BCUT2D eigenvalue weighted by molar-refractivity contribution is 5.70. The van der Waals surface area contributed by atoms with Gasteiger partial charge in [-0.1, -0.05) is 42.5 Å². The number of carbonyl (C=O) groups excluding carboxylic acids is 1. The number of amides is 1. The Balaban J connectivity index is 1.84. The molecule has 198 valence electrons. The highest BCUT2D eigenvalue weighted by Crippen LogP contribution is 2.57. The standard InChI is InChI=1S/C29H27N5O5/c1-36-23-10-9-20(25(37-2)26(23)38-3)24-22-14-34(28(35)39-15-18-7-5-4-6-8-18)12-11-19(22)21(13-30)27(33)29(24,16-31)17-32/h4-11,22,24H,12,14-15,33H2,1-3H3/t22-,24+/m1/s1. The molecular formula is C29H27N5O5. The van der Waals surface area contributed by atoms with Gasteiger partial charge in [0.1, 0.15) is 12.7 Å². The van der Waals surface area contributed by atoms with Gasteiger partial charge in [-0.15, -0.1) is 0 Å². The second-order valence-corrected chi connectivity index (χ2v) is 9.04. The molecule has 2 N–H and O–H groups in total. The number of methoxy groups -OCH3 is 3. The molecule has 2 aromatic rings. The molecule has 2 aromatic carbocycles. The quantitative estimate of drug-likeness (QED) is 0.593. The van der Waals surface area contributed by atoms with Crippen molar-refractivity contribution in [3.05, 3.63) is 76.5 Å². The van der Waals surface area contributed by atoms with Gasteiger partial charge >= 0.3 is 6.09 Å². The van der Waals surface area contributed by atoms with Crippen LogP contribution in [0.3, 0.4) is 0 Å². The molecule has 1 aliphatic carbocycles. The Bertz CT molecular complexity index is 1450. The van der Waals surface area contributed by atoms with Gasteiger partial charge in [-0.25, -0.2) is 4.79 Å². The van der Waals surface area contributed by atoms with E-state index in [9.17, 15) is 20.6 Å². The fourth-order valence-corrected chi connectivity index (χ4v) is 5.35. The van der Waals surface area contributed by atoms with Gasteiger partial charge in [0.25, 0.3) is 0 Å². The number of nitrogens with zero attached hydrogens (tertiary/aromatic N) is 4. The molecule has 2 atom stereocenters. The minimum absolute atomic E-state index is 0.0658. The van der Waals surface area contributed by atoms with Crippen LogP contribution in [0.5, 0.6) is 17.2 Å². The van der Waals surface area contributed by atoms with Crippen LogP contribution in [0.1, 0.15) is 17.0 Å². The van der Waals surface area contributed by atoms with E-state index < -0.39 is 23.3 Å². The van der Waals surface area contributed by atoms with Crippen molar-refractivity contribution in [1.82, 2.24) is 4.90 Å². The van der Waals surface area contributed by atoms with Crippen molar-refractivity contribution in [2.24, 2.45) is 17.1 Å². The first-order valence-corrected chi connectivity index (χ1v) is 12.1. The van der Waals surface area contributed by atoms with Gasteiger partial charge in [0.15, 0.2) is 16.9 Å². The number of carbonyl (C=O) groups is 1. The Kier molecular flexibility index (Phi) is 7.65. The number of ether oxygens (including phenoxy) is 4. The lowest BCUT2D eigenvalue weighted by molar-refractivity contribution is 0.0897. The zero-order chi connectivity index (χ0) is 28.2. The van der Waals surface area contributed by atoms with Crippen LogP contribution in [-0.4, -0.2) is 45.4 Å². The van der Waals surface area contributed by atoms with E-state index >= 15 is 0 Å². The summed E-state index contributed by atoms with van der Waals surface area (Å²) in [5.74, 6) is -0.656. The Morgan fingerprint density at radius 1 is 1.03 bits per heavy atom. The molecule has 0 unspecified atom stereocenters. The van der Waals surface area contributed by atoms with E-state index in [1.165, 1.54) is 26.2 Å². The van der Waals surface area contributed by atoms with Crippen LogP contribution in [0.2, 0.25) is 0 Å². The van der Waals surface area contributed by atoms with Crippen LogP contribution in [0.25, 0.3) is 0 Å². The van der Waals surface area contributed by atoms with Crippen LogP contribution in [-0.2, 0) is 11.3 Å². The Morgan fingerprint density at radius 2 is 1.72 bits per heavy atom. The SMILES string of the molecule is COc1ccc([C@H]2[C@@H]3CN(C(=O)OCc4ccccc4)CC=C3C(C#N)=C(N)C2(C#N)C#N)c(OC)c1OC. The van der Waals surface area contributed by atoms with Gasteiger partial charge in [-0.2, -0.15) is 15.8 Å². The van der Waals surface area contributed by atoms with Gasteiger partial charge in [-0.3, -0.25) is 0 Å². The van der Waals surface area contributed by atoms with E-state index in [1.54, 1.807) is 18.2 Å². The summed E-state index contributed by atoms with van der Waals surface area (Å²) in [6, 6.07) is 18.9. The number of allylic oxidation sites excluding steroid dienone is 2. The summed E-state index contributed by atoms with van der Waals surface area (Å²) in [5.41, 5.74) is 6.26. The number of hydrogen-bond donors (Lipinski definition) is 1. The number of nitriles is 3.